The summed E-state index contributed by atoms with van der Waals surface area (Å²) in [6, 6.07) is 19.4. The number of anilines is 1. The van der Waals surface area contributed by atoms with Crippen LogP contribution in [0.3, 0.4) is 0 Å². The Balaban J connectivity index is 1.39. The van der Waals surface area contributed by atoms with Gasteiger partial charge in [0.15, 0.2) is 17.6 Å². The highest BCUT2D eigenvalue weighted by atomic mass is 16.5. The van der Waals surface area contributed by atoms with Crippen LogP contribution < -0.4 is 10.1 Å². The molecule has 0 spiro atoms. The van der Waals surface area contributed by atoms with Crippen LogP contribution in [0.4, 0.5) is 10.5 Å². The number of fused-ring (bicyclic) bond motifs is 1. The number of aromatic amines is 1. The van der Waals surface area contributed by atoms with Crippen molar-refractivity contribution in [2.24, 2.45) is 0 Å². The summed E-state index contributed by atoms with van der Waals surface area (Å²) in [5.41, 5.74) is 4.93. The molecule has 1 unspecified atom stereocenters. The number of imidazole rings is 1. The number of ether oxygens (including phenoxy) is 1. The molecule has 11 nitrogen and oxygen atoms in total. The maximum absolute atomic E-state index is 12.2. The Morgan fingerprint density at radius 2 is 1.87 bits per heavy atom. The van der Waals surface area contributed by atoms with Gasteiger partial charge in [-0.15, -0.1) is 5.10 Å². The Morgan fingerprint density at radius 3 is 2.53 bits per heavy atom. The topological polar surface area (TPSA) is 127 Å². The summed E-state index contributed by atoms with van der Waals surface area (Å²) in [6.45, 7) is 4.55. The molecule has 0 radical (unpaired) electrons. The lowest BCUT2D eigenvalue weighted by Crippen LogP contribution is -2.27. The molecule has 38 heavy (non-hydrogen) atoms. The monoisotopic (exact) mass is 511 g/mol. The lowest BCUT2D eigenvalue weighted by molar-refractivity contribution is 0.230. The first kappa shape index (κ1) is 24.9. The van der Waals surface area contributed by atoms with E-state index in [9.17, 15) is 4.79 Å². The minimum absolute atomic E-state index is 0.208. The van der Waals surface area contributed by atoms with E-state index < -0.39 is 6.10 Å². The quantitative estimate of drug-likeness (QED) is 0.321. The number of pyridine rings is 1. The molecule has 2 amide bonds. The highest BCUT2D eigenvalue weighted by Crippen LogP contribution is 2.27. The van der Waals surface area contributed by atoms with Crippen molar-refractivity contribution in [3.8, 4) is 5.75 Å². The van der Waals surface area contributed by atoms with Gasteiger partial charge in [-0.05, 0) is 41.1 Å². The van der Waals surface area contributed by atoms with E-state index in [0.717, 1.165) is 40.2 Å². The van der Waals surface area contributed by atoms with Crippen LogP contribution in [0.1, 0.15) is 41.5 Å². The fourth-order valence-corrected chi connectivity index (χ4v) is 4.15. The number of aromatic nitrogens is 7. The third kappa shape index (κ3) is 5.17. The van der Waals surface area contributed by atoms with Gasteiger partial charge in [-0.3, -0.25) is 0 Å². The van der Waals surface area contributed by atoms with Gasteiger partial charge in [-0.1, -0.05) is 49.4 Å². The van der Waals surface area contributed by atoms with Gasteiger partial charge in [-0.2, -0.15) is 0 Å². The van der Waals surface area contributed by atoms with Crippen LogP contribution in [0.25, 0.3) is 11.2 Å². The van der Waals surface area contributed by atoms with Gasteiger partial charge < -0.3 is 19.5 Å². The number of hydrogen-bond acceptors (Lipinski definition) is 7. The molecule has 1 atom stereocenters. The number of urea groups is 1. The van der Waals surface area contributed by atoms with Crippen LogP contribution >= 0.6 is 0 Å². The average molecular weight is 512 g/mol. The number of nitrogens with one attached hydrogen (secondary N) is 2. The summed E-state index contributed by atoms with van der Waals surface area (Å²) < 4.78 is 8.40. The molecule has 0 saturated heterocycles. The second kappa shape index (κ2) is 10.7. The van der Waals surface area contributed by atoms with Crippen LogP contribution in [-0.2, 0) is 13.0 Å². The van der Waals surface area contributed by atoms with E-state index in [4.69, 9.17) is 14.7 Å². The van der Waals surface area contributed by atoms with Gasteiger partial charge in [0.05, 0.1) is 17.9 Å². The predicted molar refractivity (Wildman–Crippen MR) is 143 cm³/mol. The third-order valence-electron chi connectivity index (χ3n) is 6.18. The molecule has 0 fully saturated rings. The van der Waals surface area contributed by atoms with E-state index in [1.54, 1.807) is 14.1 Å². The summed E-state index contributed by atoms with van der Waals surface area (Å²) >= 11 is 0. The number of carbonyl (C=O) groups excluding carboxylic acids is 1. The zero-order valence-electron chi connectivity index (χ0n) is 21.7. The van der Waals surface area contributed by atoms with Crippen LogP contribution in [-0.4, -0.2) is 60.2 Å². The number of H-pyrrole nitrogens is 1. The molecular weight excluding hydrogens is 482 g/mol. The number of rotatable bonds is 8. The largest absolute Gasteiger partial charge is 0.478 e. The van der Waals surface area contributed by atoms with Crippen molar-refractivity contribution in [1.82, 2.24) is 40.1 Å². The van der Waals surface area contributed by atoms with Crippen molar-refractivity contribution >= 4 is 22.9 Å². The van der Waals surface area contributed by atoms with Gasteiger partial charge in [0.1, 0.15) is 17.1 Å². The van der Waals surface area contributed by atoms with Crippen molar-refractivity contribution < 1.29 is 9.53 Å². The van der Waals surface area contributed by atoms with Crippen molar-refractivity contribution in [2.45, 2.75) is 32.9 Å². The molecule has 0 saturated carbocycles. The lowest BCUT2D eigenvalue weighted by atomic mass is 10.1. The van der Waals surface area contributed by atoms with Crippen molar-refractivity contribution in [3.63, 3.8) is 0 Å². The molecule has 3 aromatic heterocycles. The molecule has 2 aromatic carbocycles. The summed E-state index contributed by atoms with van der Waals surface area (Å²) in [4.78, 5) is 23.2. The number of nitrogens with zero attached hydrogens (tertiary/aromatic N) is 7. The maximum Gasteiger partial charge on any atom is 0.321 e. The molecule has 3 heterocycles. The van der Waals surface area contributed by atoms with Gasteiger partial charge >= 0.3 is 6.03 Å². The van der Waals surface area contributed by atoms with Gasteiger partial charge in [0.25, 0.3) is 0 Å². The van der Waals surface area contributed by atoms with Gasteiger partial charge in [0.2, 0.25) is 0 Å². The number of hydrogen-bond donors (Lipinski definition) is 2. The predicted octanol–water partition coefficient (Wildman–Crippen LogP) is 4.13. The third-order valence-corrected chi connectivity index (χ3v) is 6.18. The average Bonchev–Trinajstić information content (AvgIpc) is 3.57. The summed E-state index contributed by atoms with van der Waals surface area (Å²) in [6.07, 6.45) is 0.288. The van der Waals surface area contributed by atoms with E-state index in [-0.39, 0.29) is 6.03 Å². The fraction of sp³-hybridized carbons (Fsp3) is 0.259. The van der Waals surface area contributed by atoms with E-state index in [2.05, 4.69) is 37.4 Å². The molecule has 0 aliphatic heterocycles. The smallest absolute Gasteiger partial charge is 0.321 e. The minimum atomic E-state index is -0.462. The number of carbonyl (C=O) groups is 1. The Kier molecular flexibility index (Phi) is 6.98. The first-order chi connectivity index (χ1) is 18.4. The number of aryl methyl sites for hydroxylation is 2. The number of tetrazole rings is 1. The zero-order chi connectivity index (χ0) is 26.6. The maximum atomic E-state index is 12.2. The second-order valence-electron chi connectivity index (χ2n) is 9.10. The minimum Gasteiger partial charge on any atom is -0.478 e. The molecule has 0 aliphatic rings. The second-order valence-corrected chi connectivity index (χ2v) is 9.10. The normalized spacial score (nSPS) is 11.9. The Morgan fingerprint density at radius 1 is 1.11 bits per heavy atom. The molecule has 2 N–H and O–H groups in total. The van der Waals surface area contributed by atoms with E-state index in [0.29, 0.717) is 23.8 Å². The first-order valence-corrected chi connectivity index (χ1v) is 12.3. The summed E-state index contributed by atoms with van der Waals surface area (Å²) in [7, 11) is 3.40. The molecule has 5 rings (SSSR count). The number of benzene rings is 2. The van der Waals surface area contributed by atoms with Crippen LogP contribution in [0, 0.1) is 6.92 Å². The zero-order valence-corrected chi connectivity index (χ0v) is 21.7. The van der Waals surface area contributed by atoms with Crippen molar-refractivity contribution in [1.29, 1.82) is 0 Å². The van der Waals surface area contributed by atoms with Gasteiger partial charge in [-0.25, -0.2) is 19.9 Å². The van der Waals surface area contributed by atoms with Crippen LogP contribution in [0.5, 0.6) is 5.75 Å². The highest BCUT2D eigenvalue weighted by Gasteiger charge is 2.20. The number of amides is 2. The Bertz CT molecular complexity index is 1530. The van der Waals surface area contributed by atoms with Gasteiger partial charge in [0, 0.05) is 26.1 Å². The van der Waals surface area contributed by atoms with Crippen molar-refractivity contribution in [2.75, 3.05) is 19.4 Å². The van der Waals surface area contributed by atoms with Crippen LogP contribution in [0.15, 0.2) is 60.7 Å². The van der Waals surface area contributed by atoms with Crippen molar-refractivity contribution in [3.05, 3.63) is 89.1 Å². The van der Waals surface area contributed by atoms with E-state index in [1.807, 2.05) is 67.6 Å². The standard InChI is InChI=1S/C27H29N9O2/c1-5-23-29-22-15-21(30-27(37)35(3)4)17(2)28-26(22)36(23)16-18-11-13-20(14-12-18)38-24(25-31-33-34-32-25)19-9-7-6-8-10-19/h6-15,24H,5,16H2,1-4H3,(H,30,37)(H,31,32,33,34). The molecule has 11 heteroatoms. The molecular formula is C27H29N9O2. The highest BCUT2D eigenvalue weighted by molar-refractivity contribution is 5.91. The molecule has 194 valence electrons. The summed E-state index contributed by atoms with van der Waals surface area (Å²) in [5, 5.41) is 17.2. The first-order valence-electron chi connectivity index (χ1n) is 12.3. The molecule has 0 aliphatic carbocycles. The van der Waals surface area contributed by atoms with Crippen LogP contribution in [0.2, 0.25) is 0 Å². The molecule has 0 bridgehead atoms. The van der Waals surface area contributed by atoms with E-state index in [1.165, 1.54) is 4.90 Å². The summed E-state index contributed by atoms with van der Waals surface area (Å²) in [5.74, 6) is 2.14. The Hall–Kier alpha value is -4.80. The lowest BCUT2D eigenvalue weighted by Gasteiger charge is -2.17. The molecule has 5 aromatic rings. The Labute approximate surface area is 219 Å². The van der Waals surface area contributed by atoms with E-state index >= 15 is 0 Å². The SMILES string of the molecule is CCc1nc2cc(NC(=O)N(C)C)c(C)nc2n1Cc1ccc(OC(c2ccccc2)c2nnn[nH]2)cc1. The fourth-order valence-electron chi connectivity index (χ4n) is 4.15.